The molecule has 1 aromatic carbocycles. The van der Waals surface area contributed by atoms with Crippen LogP contribution in [0.15, 0.2) is 49.3 Å². The van der Waals surface area contributed by atoms with Gasteiger partial charge in [0.25, 0.3) is 0 Å². The highest BCUT2D eigenvalue weighted by Gasteiger charge is 2.12. The number of anilines is 1. The van der Waals surface area contributed by atoms with Crippen LogP contribution < -0.4 is 10.5 Å². The SMILES string of the molecule is COC(=O)c1ccc(Oc2ncnc(-n3ccnc3)c2N)cc1. The van der Waals surface area contributed by atoms with Gasteiger partial charge in [-0.1, -0.05) is 0 Å². The third-order valence-corrected chi connectivity index (χ3v) is 3.07. The molecule has 0 saturated heterocycles. The Bertz CT molecular complexity index is 816. The first-order valence-electron chi connectivity index (χ1n) is 6.64. The van der Waals surface area contributed by atoms with Crippen molar-refractivity contribution < 1.29 is 14.3 Å². The Morgan fingerprint density at radius 1 is 1.22 bits per heavy atom. The number of nitrogens with two attached hydrogens (primary N) is 1. The van der Waals surface area contributed by atoms with Gasteiger partial charge in [0.2, 0.25) is 5.88 Å². The van der Waals surface area contributed by atoms with Crippen LogP contribution in [0, 0.1) is 0 Å². The molecule has 0 aliphatic carbocycles. The van der Waals surface area contributed by atoms with Crippen molar-refractivity contribution in [3.63, 3.8) is 0 Å². The van der Waals surface area contributed by atoms with Gasteiger partial charge in [0, 0.05) is 12.4 Å². The number of carbonyl (C=O) groups is 1. The van der Waals surface area contributed by atoms with Gasteiger partial charge in [-0.25, -0.2) is 14.8 Å². The molecule has 0 spiro atoms. The number of hydrogen-bond donors (Lipinski definition) is 1. The monoisotopic (exact) mass is 311 g/mol. The highest BCUT2D eigenvalue weighted by atomic mass is 16.5. The number of ether oxygens (including phenoxy) is 2. The quantitative estimate of drug-likeness (QED) is 0.733. The fraction of sp³-hybridized carbons (Fsp3) is 0.0667. The van der Waals surface area contributed by atoms with E-state index in [9.17, 15) is 4.79 Å². The molecule has 2 heterocycles. The maximum Gasteiger partial charge on any atom is 0.337 e. The number of benzene rings is 1. The second kappa shape index (κ2) is 6.14. The van der Waals surface area contributed by atoms with Gasteiger partial charge < -0.3 is 15.2 Å². The average Bonchev–Trinajstić information content (AvgIpc) is 3.11. The van der Waals surface area contributed by atoms with Crippen molar-refractivity contribution in [1.29, 1.82) is 0 Å². The lowest BCUT2D eigenvalue weighted by Crippen LogP contribution is -2.04. The van der Waals surface area contributed by atoms with Gasteiger partial charge in [0.05, 0.1) is 12.7 Å². The van der Waals surface area contributed by atoms with E-state index in [1.807, 2.05) is 0 Å². The third-order valence-electron chi connectivity index (χ3n) is 3.07. The van der Waals surface area contributed by atoms with Gasteiger partial charge in [0.1, 0.15) is 24.1 Å². The molecular weight excluding hydrogens is 298 g/mol. The molecule has 0 amide bonds. The first kappa shape index (κ1) is 14.5. The van der Waals surface area contributed by atoms with E-state index < -0.39 is 5.97 Å². The van der Waals surface area contributed by atoms with Crippen molar-refractivity contribution in [2.45, 2.75) is 0 Å². The molecule has 0 aliphatic heterocycles. The molecule has 0 bridgehead atoms. The number of nitrogens with zero attached hydrogens (tertiary/aromatic N) is 4. The minimum atomic E-state index is -0.416. The van der Waals surface area contributed by atoms with Crippen LogP contribution in [0.3, 0.4) is 0 Å². The van der Waals surface area contributed by atoms with Gasteiger partial charge in [0.15, 0.2) is 5.82 Å². The summed E-state index contributed by atoms with van der Waals surface area (Å²) in [6, 6.07) is 6.44. The van der Waals surface area contributed by atoms with Gasteiger partial charge in [-0.2, -0.15) is 4.98 Å². The van der Waals surface area contributed by atoms with Crippen LogP contribution in [-0.2, 0) is 4.74 Å². The summed E-state index contributed by atoms with van der Waals surface area (Å²) >= 11 is 0. The summed E-state index contributed by atoms with van der Waals surface area (Å²) in [6.07, 6.45) is 6.26. The fourth-order valence-corrected chi connectivity index (χ4v) is 1.93. The minimum Gasteiger partial charge on any atom is -0.465 e. The molecule has 116 valence electrons. The van der Waals surface area contributed by atoms with Gasteiger partial charge >= 0.3 is 5.97 Å². The average molecular weight is 311 g/mol. The minimum absolute atomic E-state index is 0.217. The molecule has 23 heavy (non-hydrogen) atoms. The molecule has 0 fully saturated rings. The first-order chi connectivity index (χ1) is 11.2. The zero-order chi connectivity index (χ0) is 16.2. The Balaban J connectivity index is 1.86. The summed E-state index contributed by atoms with van der Waals surface area (Å²) in [6.45, 7) is 0. The van der Waals surface area contributed by atoms with Gasteiger partial charge in [-0.3, -0.25) is 4.57 Å². The van der Waals surface area contributed by atoms with E-state index in [-0.39, 0.29) is 11.6 Å². The lowest BCUT2D eigenvalue weighted by atomic mass is 10.2. The van der Waals surface area contributed by atoms with Gasteiger partial charge in [-0.05, 0) is 24.3 Å². The molecule has 0 unspecified atom stereocenters. The molecule has 2 aromatic heterocycles. The molecule has 8 nitrogen and oxygen atoms in total. The number of esters is 1. The maximum absolute atomic E-state index is 11.4. The second-order valence-corrected chi connectivity index (χ2v) is 4.50. The zero-order valence-corrected chi connectivity index (χ0v) is 12.2. The summed E-state index contributed by atoms with van der Waals surface area (Å²) in [5.74, 6) is 0.758. The summed E-state index contributed by atoms with van der Waals surface area (Å²) in [5.41, 5.74) is 6.76. The van der Waals surface area contributed by atoms with Crippen LogP contribution >= 0.6 is 0 Å². The van der Waals surface area contributed by atoms with E-state index in [0.717, 1.165) is 0 Å². The molecular formula is C15H13N5O3. The van der Waals surface area contributed by atoms with Crippen molar-refractivity contribution in [1.82, 2.24) is 19.5 Å². The molecule has 0 saturated carbocycles. The number of hydrogen-bond acceptors (Lipinski definition) is 7. The Kier molecular flexibility index (Phi) is 3.88. The standard InChI is InChI=1S/C15H13N5O3/c1-22-15(21)10-2-4-11(5-3-10)23-14-12(16)13(18-8-19-14)20-7-6-17-9-20/h2-9H,16H2,1H3. The van der Waals surface area contributed by atoms with Gasteiger partial charge in [-0.15, -0.1) is 0 Å². The molecule has 8 heteroatoms. The summed E-state index contributed by atoms with van der Waals surface area (Å²) in [7, 11) is 1.33. The zero-order valence-electron chi connectivity index (χ0n) is 12.2. The predicted octanol–water partition coefficient (Wildman–Crippen LogP) is 1.82. The van der Waals surface area contributed by atoms with E-state index in [2.05, 4.69) is 19.7 Å². The van der Waals surface area contributed by atoms with Crippen LogP contribution in [0.5, 0.6) is 11.6 Å². The van der Waals surface area contributed by atoms with Crippen molar-refractivity contribution in [3.05, 3.63) is 54.9 Å². The van der Waals surface area contributed by atoms with E-state index in [0.29, 0.717) is 17.1 Å². The predicted molar refractivity (Wildman–Crippen MR) is 81.4 cm³/mol. The largest absolute Gasteiger partial charge is 0.465 e. The Labute approximate surface area is 131 Å². The topological polar surface area (TPSA) is 105 Å². The number of carbonyl (C=O) groups excluding carboxylic acids is 1. The first-order valence-corrected chi connectivity index (χ1v) is 6.64. The van der Waals surface area contributed by atoms with E-state index >= 15 is 0 Å². The fourth-order valence-electron chi connectivity index (χ4n) is 1.93. The highest BCUT2D eigenvalue weighted by Crippen LogP contribution is 2.28. The molecule has 3 aromatic rings. The molecule has 0 atom stereocenters. The smallest absolute Gasteiger partial charge is 0.337 e. The van der Waals surface area contributed by atoms with E-state index in [1.165, 1.54) is 13.4 Å². The summed E-state index contributed by atoms with van der Waals surface area (Å²) < 4.78 is 12.0. The van der Waals surface area contributed by atoms with Crippen molar-refractivity contribution in [2.75, 3.05) is 12.8 Å². The van der Waals surface area contributed by atoms with Crippen LogP contribution in [0.4, 0.5) is 5.69 Å². The van der Waals surface area contributed by atoms with Crippen LogP contribution in [0.1, 0.15) is 10.4 Å². The molecule has 2 N–H and O–H groups in total. The lowest BCUT2D eigenvalue weighted by Gasteiger charge is -2.10. The Morgan fingerprint density at radius 3 is 2.65 bits per heavy atom. The summed E-state index contributed by atoms with van der Waals surface area (Å²) in [4.78, 5) is 23.5. The number of imidazole rings is 1. The normalized spacial score (nSPS) is 10.3. The van der Waals surface area contributed by atoms with Crippen molar-refractivity contribution >= 4 is 11.7 Å². The van der Waals surface area contributed by atoms with Crippen molar-refractivity contribution in [2.24, 2.45) is 0 Å². The highest BCUT2D eigenvalue weighted by molar-refractivity contribution is 5.89. The number of methoxy groups -OCH3 is 1. The number of nitrogen functional groups attached to an aromatic ring is 1. The molecule has 3 rings (SSSR count). The van der Waals surface area contributed by atoms with Crippen molar-refractivity contribution in [3.8, 4) is 17.4 Å². The van der Waals surface area contributed by atoms with Crippen LogP contribution in [-0.4, -0.2) is 32.6 Å². The Morgan fingerprint density at radius 2 is 2.00 bits per heavy atom. The molecule has 0 radical (unpaired) electrons. The summed E-state index contributed by atoms with van der Waals surface area (Å²) in [5, 5.41) is 0. The van der Waals surface area contributed by atoms with Crippen LogP contribution in [0.25, 0.3) is 5.82 Å². The molecule has 0 aliphatic rings. The third kappa shape index (κ3) is 2.95. The second-order valence-electron chi connectivity index (χ2n) is 4.50. The lowest BCUT2D eigenvalue weighted by molar-refractivity contribution is 0.0600. The number of rotatable bonds is 4. The van der Waals surface area contributed by atoms with E-state index in [1.54, 1.807) is 47.6 Å². The maximum atomic E-state index is 11.4. The number of aromatic nitrogens is 4. The Hall–Kier alpha value is -3.42. The van der Waals surface area contributed by atoms with E-state index in [4.69, 9.17) is 10.5 Å². The van der Waals surface area contributed by atoms with Crippen LogP contribution in [0.2, 0.25) is 0 Å².